The van der Waals surface area contributed by atoms with E-state index in [0.29, 0.717) is 5.92 Å². The van der Waals surface area contributed by atoms with E-state index in [0.717, 1.165) is 19.4 Å². The molecule has 1 saturated carbocycles. The summed E-state index contributed by atoms with van der Waals surface area (Å²) in [7, 11) is 0. The lowest BCUT2D eigenvalue weighted by Gasteiger charge is -2.28. The van der Waals surface area contributed by atoms with Gasteiger partial charge in [-0.3, -0.25) is 4.79 Å². The Bertz CT molecular complexity index is 272. The smallest absolute Gasteiger partial charge is 0.307 e. The van der Waals surface area contributed by atoms with Crippen LogP contribution in [0, 0.1) is 23.2 Å². The summed E-state index contributed by atoms with van der Waals surface area (Å²) in [6.45, 7) is 7.10. The van der Waals surface area contributed by atoms with Gasteiger partial charge in [0.1, 0.15) is 0 Å². The third-order valence-electron chi connectivity index (χ3n) is 4.15. The Morgan fingerprint density at radius 2 is 2.13 bits per heavy atom. The molecular weight excluding hydrogens is 192 g/mol. The van der Waals surface area contributed by atoms with Gasteiger partial charge in [0, 0.05) is 12.5 Å². The number of carbonyl (C=O) groups is 1. The molecule has 2 aliphatic rings. The zero-order chi connectivity index (χ0) is 11.2. The van der Waals surface area contributed by atoms with Gasteiger partial charge in [-0.2, -0.15) is 0 Å². The number of hydrogen-bond donors (Lipinski definition) is 1. The Labute approximate surface area is 90.8 Å². The number of hydrogen-bond acceptors (Lipinski definition) is 2. The third kappa shape index (κ3) is 1.78. The number of carboxylic acids is 1. The summed E-state index contributed by atoms with van der Waals surface area (Å²) in [6, 6.07) is 0. The van der Waals surface area contributed by atoms with Gasteiger partial charge in [0.2, 0.25) is 0 Å². The molecule has 0 radical (unpaired) electrons. The molecule has 0 unspecified atom stereocenters. The van der Waals surface area contributed by atoms with Crippen LogP contribution in [0.4, 0.5) is 0 Å². The van der Waals surface area contributed by atoms with Crippen LogP contribution in [0.5, 0.6) is 0 Å². The second-order valence-electron chi connectivity index (χ2n) is 5.70. The Balaban J connectivity index is 2.03. The Morgan fingerprint density at radius 3 is 2.60 bits per heavy atom. The van der Waals surface area contributed by atoms with Gasteiger partial charge in [0.05, 0.1) is 12.0 Å². The third-order valence-corrected chi connectivity index (χ3v) is 4.15. The summed E-state index contributed by atoms with van der Waals surface area (Å²) in [5, 5.41) is 9.10. The summed E-state index contributed by atoms with van der Waals surface area (Å²) in [6.07, 6.45) is 2.31. The average Bonchev–Trinajstić information content (AvgIpc) is 2.69. The SMILES string of the molecule is C[C@@H]1CCO[C@H]([C@@H]2[C@H](C(=O)O)C2(C)C)C1. The second-order valence-corrected chi connectivity index (χ2v) is 5.70. The van der Waals surface area contributed by atoms with E-state index >= 15 is 0 Å². The highest BCUT2D eigenvalue weighted by Gasteiger charge is 2.65. The maximum atomic E-state index is 11.1. The van der Waals surface area contributed by atoms with E-state index < -0.39 is 5.97 Å². The van der Waals surface area contributed by atoms with Crippen molar-refractivity contribution in [2.24, 2.45) is 23.2 Å². The number of ether oxygens (including phenoxy) is 1. The van der Waals surface area contributed by atoms with Gasteiger partial charge in [0.25, 0.3) is 0 Å². The molecule has 2 fully saturated rings. The van der Waals surface area contributed by atoms with E-state index in [9.17, 15) is 4.79 Å². The van der Waals surface area contributed by atoms with Gasteiger partial charge >= 0.3 is 5.97 Å². The molecule has 0 aromatic heterocycles. The standard InChI is InChI=1S/C12H20O3/c1-7-4-5-15-8(6-7)9-10(11(13)14)12(9,2)3/h7-10H,4-6H2,1-3H3,(H,13,14)/t7-,8+,9-,10-/m1/s1. The normalized spacial score (nSPS) is 43.7. The average molecular weight is 212 g/mol. The van der Waals surface area contributed by atoms with Crippen LogP contribution in [0.2, 0.25) is 0 Å². The molecule has 4 atom stereocenters. The first-order chi connectivity index (χ1) is 6.94. The van der Waals surface area contributed by atoms with Crippen molar-refractivity contribution in [2.45, 2.75) is 39.7 Å². The Kier molecular flexibility index (Phi) is 2.53. The number of rotatable bonds is 2. The van der Waals surface area contributed by atoms with E-state index in [-0.39, 0.29) is 23.4 Å². The van der Waals surface area contributed by atoms with Gasteiger partial charge < -0.3 is 9.84 Å². The molecule has 0 bridgehead atoms. The molecule has 1 N–H and O–H groups in total. The van der Waals surface area contributed by atoms with Crippen molar-refractivity contribution in [3.8, 4) is 0 Å². The van der Waals surface area contributed by atoms with Crippen LogP contribution in [0.25, 0.3) is 0 Å². The Morgan fingerprint density at radius 1 is 1.47 bits per heavy atom. The van der Waals surface area contributed by atoms with Gasteiger partial charge in [-0.25, -0.2) is 0 Å². The first-order valence-electron chi connectivity index (χ1n) is 5.79. The molecule has 15 heavy (non-hydrogen) atoms. The summed E-state index contributed by atoms with van der Waals surface area (Å²) >= 11 is 0. The summed E-state index contributed by atoms with van der Waals surface area (Å²) in [5.41, 5.74) is -0.0758. The summed E-state index contributed by atoms with van der Waals surface area (Å²) in [4.78, 5) is 11.1. The van der Waals surface area contributed by atoms with E-state index in [4.69, 9.17) is 9.84 Å². The molecule has 1 heterocycles. The van der Waals surface area contributed by atoms with E-state index in [2.05, 4.69) is 6.92 Å². The van der Waals surface area contributed by atoms with Crippen molar-refractivity contribution in [3.05, 3.63) is 0 Å². The highest BCUT2D eigenvalue weighted by molar-refractivity contribution is 5.75. The summed E-state index contributed by atoms with van der Waals surface area (Å²) in [5.74, 6) is 0.0342. The van der Waals surface area contributed by atoms with Gasteiger partial charge in [-0.15, -0.1) is 0 Å². The van der Waals surface area contributed by atoms with Crippen LogP contribution in [0.1, 0.15) is 33.6 Å². The van der Waals surface area contributed by atoms with Crippen LogP contribution in [-0.4, -0.2) is 23.8 Å². The second kappa shape index (κ2) is 3.48. The van der Waals surface area contributed by atoms with Gasteiger partial charge in [-0.1, -0.05) is 20.8 Å². The number of carboxylic acid groups (broad SMARTS) is 1. The highest BCUT2D eigenvalue weighted by atomic mass is 16.5. The fourth-order valence-electron chi connectivity index (χ4n) is 3.10. The molecule has 2 rings (SSSR count). The van der Waals surface area contributed by atoms with Crippen molar-refractivity contribution in [2.75, 3.05) is 6.61 Å². The molecule has 0 aromatic carbocycles. The zero-order valence-electron chi connectivity index (χ0n) is 9.69. The van der Waals surface area contributed by atoms with Crippen LogP contribution in [-0.2, 0) is 9.53 Å². The molecule has 0 spiro atoms. The van der Waals surface area contributed by atoms with E-state index in [1.165, 1.54) is 0 Å². The topological polar surface area (TPSA) is 46.5 Å². The predicted octanol–water partition coefficient (Wildman–Crippen LogP) is 2.16. The van der Waals surface area contributed by atoms with Gasteiger partial charge in [-0.05, 0) is 24.2 Å². The van der Waals surface area contributed by atoms with E-state index in [1.807, 2.05) is 13.8 Å². The molecule has 0 amide bonds. The maximum Gasteiger partial charge on any atom is 0.307 e. The molecule has 1 aliphatic carbocycles. The van der Waals surface area contributed by atoms with Crippen molar-refractivity contribution in [1.82, 2.24) is 0 Å². The lowest BCUT2D eigenvalue weighted by molar-refractivity contribution is -0.140. The van der Waals surface area contributed by atoms with Crippen LogP contribution < -0.4 is 0 Å². The quantitative estimate of drug-likeness (QED) is 0.763. The van der Waals surface area contributed by atoms with Crippen LogP contribution in [0.3, 0.4) is 0 Å². The largest absolute Gasteiger partial charge is 0.481 e. The Hall–Kier alpha value is -0.570. The minimum Gasteiger partial charge on any atom is -0.481 e. The predicted molar refractivity (Wildman–Crippen MR) is 56.5 cm³/mol. The van der Waals surface area contributed by atoms with Crippen LogP contribution in [0.15, 0.2) is 0 Å². The minimum absolute atomic E-state index is 0.0758. The fraction of sp³-hybridized carbons (Fsp3) is 0.917. The zero-order valence-corrected chi connectivity index (χ0v) is 9.69. The van der Waals surface area contributed by atoms with Crippen molar-refractivity contribution in [3.63, 3.8) is 0 Å². The minimum atomic E-state index is -0.660. The maximum absolute atomic E-state index is 11.1. The monoisotopic (exact) mass is 212 g/mol. The number of aliphatic carboxylic acids is 1. The van der Waals surface area contributed by atoms with Crippen molar-refractivity contribution >= 4 is 5.97 Å². The van der Waals surface area contributed by atoms with Gasteiger partial charge in [0.15, 0.2) is 0 Å². The van der Waals surface area contributed by atoms with Crippen molar-refractivity contribution < 1.29 is 14.6 Å². The molecular formula is C12H20O3. The molecule has 3 heteroatoms. The first-order valence-corrected chi connectivity index (χ1v) is 5.79. The lowest BCUT2D eigenvalue weighted by atomic mass is 9.92. The lowest BCUT2D eigenvalue weighted by Crippen LogP contribution is -2.28. The highest BCUT2D eigenvalue weighted by Crippen LogP contribution is 2.61. The van der Waals surface area contributed by atoms with Crippen LogP contribution >= 0.6 is 0 Å². The molecule has 1 aliphatic heterocycles. The van der Waals surface area contributed by atoms with E-state index in [1.54, 1.807) is 0 Å². The molecule has 1 saturated heterocycles. The molecule has 86 valence electrons. The molecule has 3 nitrogen and oxygen atoms in total. The summed E-state index contributed by atoms with van der Waals surface area (Å²) < 4.78 is 5.72. The van der Waals surface area contributed by atoms with Crippen molar-refractivity contribution in [1.29, 1.82) is 0 Å². The first kappa shape index (κ1) is 10.9. The molecule has 0 aromatic rings. The fourth-order valence-corrected chi connectivity index (χ4v) is 3.10.